The molecular formula is C24H28N6O5S. The van der Waals surface area contributed by atoms with Crippen molar-refractivity contribution in [1.29, 1.82) is 0 Å². The van der Waals surface area contributed by atoms with Gasteiger partial charge in [-0.1, -0.05) is 30.3 Å². The molecular weight excluding hydrogens is 484 g/mol. The average molecular weight is 513 g/mol. The molecule has 0 amide bonds. The summed E-state index contributed by atoms with van der Waals surface area (Å²) >= 11 is 0. The molecule has 36 heavy (non-hydrogen) atoms. The van der Waals surface area contributed by atoms with Gasteiger partial charge in [-0.15, -0.1) is 0 Å². The lowest BCUT2D eigenvalue weighted by Crippen LogP contribution is -2.21. The zero-order chi connectivity index (χ0) is 25.1. The Hall–Kier alpha value is -3.64. The fraction of sp³-hybridized carbons (Fsp3) is 0.375. The Labute approximate surface area is 209 Å². The number of fused-ring (bicyclic) bond motifs is 1. The SMILES string of the molecule is CCOc1nc(Nc2cnn(C3CCOCC3)c2OC)nc2c1ccn2S(=O)(=O)Cc1ccccc1. The molecule has 0 unspecified atom stereocenters. The minimum absolute atomic E-state index is 0.159. The van der Waals surface area contributed by atoms with Crippen LogP contribution in [0.5, 0.6) is 11.8 Å². The lowest BCUT2D eigenvalue weighted by molar-refractivity contribution is 0.0638. The maximum absolute atomic E-state index is 13.3. The van der Waals surface area contributed by atoms with E-state index in [0.717, 1.165) is 12.8 Å². The van der Waals surface area contributed by atoms with Crippen LogP contribution in [-0.4, -0.2) is 59.1 Å². The van der Waals surface area contributed by atoms with Gasteiger partial charge in [0.1, 0.15) is 5.69 Å². The van der Waals surface area contributed by atoms with Crippen molar-refractivity contribution in [2.45, 2.75) is 31.6 Å². The Kier molecular flexibility index (Phi) is 6.79. The molecule has 0 atom stereocenters. The monoisotopic (exact) mass is 512 g/mol. The Morgan fingerprint density at radius 3 is 2.64 bits per heavy atom. The van der Waals surface area contributed by atoms with Crippen LogP contribution in [0.4, 0.5) is 11.6 Å². The molecule has 1 N–H and O–H groups in total. The van der Waals surface area contributed by atoms with E-state index in [1.807, 2.05) is 29.8 Å². The van der Waals surface area contributed by atoms with E-state index < -0.39 is 10.0 Å². The number of anilines is 2. The van der Waals surface area contributed by atoms with Crippen molar-refractivity contribution in [2.24, 2.45) is 0 Å². The van der Waals surface area contributed by atoms with E-state index in [-0.39, 0.29) is 29.3 Å². The number of benzene rings is 1. The van der Waals surface area contributed by atoms with Gasteiger partial charge in [-0.05, 0) is 31.4 Å². The smallest absolute Gasteiger partial charge is 0.244 e. The highest BCUT2D eigenvalue weighted by molar-refractivity contribution is 7.89. The maximum Gasteiger partial charge on any atom is 0.244 e. The standard InChI is InChI=1S/C24H28N6O5S/c1-3-35-22-19-9-12-29(36(31,32)16-17-7-5-4-6-8-17)21(19)27-24(28-22)26-20-15-25-30(23(20)33-2)18-10-13-34-14-11-18/h4-9,12,15,18H,3,10-11,13-14,16H2,1-2H3,(H,26,27,28). The first-order valence-electron chi connectivity index (χ1n) is 11.8. The van der Waals surface area contributed by atoms with Crippen LogP contribution in [-0.2, 0) is 20.5 Å². The molecule has 5 rings (SSSR count). The first-order chi connectivity index (χ1) is 17.5. The van der Waals surface area contributed by atoms with Gasteiger partial charge in [0.25, 0.3) is 0 Å². The maximum atomic E-state index is 13.3. The van der Waals surface area contributed by atoms with Gasteiger partial charge in [0.05, 0.1) is 37.1 Å². The zero-order valence-electron chi connectivity index (χ0n) is 20.1. The van der Waals surface area contributed by atoms with Crippen molar-refractivity contribution >= 4 is 32.7 Å². The third kappa shape index (κ3) is 4.73. The summed E-state index contributed by atoms with van der Waals surface area (Å²) in [6.07, 6.45) is 4.80. The number of methoxy groups -OCH3 is 1. The summed E-state index contributed by atoms with van der Waals surface area (Å²) in [7, 11) is -2.17. The normalized spacial score (nSPS) is 14.7. The topological polar surface area (TPSA) is 122 Å². The van der Waals surface area contributed by atoms with E-state index in [1.165, 1.54) is 10.2 Å². The van der Waals surface area contributed by atoms with Crippen LogP contribution in [0.1, 0.15) is 31.4 Å². The van der Waals surface area contributed by atoms with Gasteiger partial charge in [0, 0.05) is 19.4 Å². The van der Waals surface area contributed by atoms with Crippen LogP contribution in [0, 0.1) is 0 Å². The Bertz CT molecular complexity index is 1440. The van der Waals surface area contributed by atoms with Gasteiger partial charge in [0.2, 0.25) is 27.7 Å². The Balaban J connectivity index is 1.52. The summed E-state index contributed by atoms with van der Waals surface area (Å²) in [4.78, 5) is 9.04. The minimum atomic E-state index is -3.75. The van der Waals surface area contributed by atoms with Crippen LogP contribution < -0.4 is 14.8 Å². The van der Waals surface area contributed by atoms with Crippen molar-refractivity contribution in [3.8, 4) is 11.8 Å². The lowest BCUT2D eigenvalue weighted by Gasteiger charge is -2.23. The van der Waals surface area contributed by atoms with Crippen LogP contribution in [0.25, 0.3) is 11.0 Å². The van der Waals surface area contributed by atoms with Crippen molar-refractivity contribution in [3.05, 3.63) is 54.4 Å². The number of nitrogens with one attached hydrogen (secondary N) is 1. The molecule has 0 saturated carbocycles. The number of nitrogens with zero attached hydrogens (tertiary/aromatic N) is 5. The summed E-state index contributed by atoms with van der Waals surface area (Å²) in [5.41, 5.74) is 1.47. The first kappa shape index (κ1) is 24.1. The van der Waals surface area contributed by atoms with E-state index >= 15 is 0 Å². The summed E-state index contributed by atoms with van der Waals surface area (Å²) in [5, 5.41) is 8.15. The molecule has 0 aliphatic carbocycles. The van der Waals surface area contributed by atoms with Gasteiger partial charge in [-0.25, -0.2) is 17.1 Å². The highest BCUT2D eigenvalue weighted by atomic mass is 32.2. The Morgan fingerprint density at radius 1 is 1.14 bits per heavy atom. The lowest BCUT2D eigenvalue weighted by atomic mass is 10.1. The molecule has 3 aromatic heterocycles. The molecule has 1 aromatic carbocycles. The second-order valence-electron chi connectivity index (χ2n) is 8.36. The van der Waals surface area contributed by atoms with E-state index in [4.69, 9.17) is 14.2 Å². The summed E-state index contributed by atoms with van der Waals surface area (Å²) < 4.78 is 46.4. The molecule has 11 nitrogen and oxygen atoms in total. The number of hydrogen-bond donors (Lipinski definition) is 1. The number of rotatable bonds is 9. The second kappa shape index (κ2) is 10.2. The quantitative estimate of drug-likeness (QED) is 0.359. The molecule has 190 valence electrons. The van der Waals surface area contributed by atoms with Gasteiger partial charge in [0.15, 0.2) is 5.65 Å². The van der Waals surface area contributed by atoms with Gasteiger partial charge < -0.3 is 19.5 Å². The molecule has 0 spiro atoms. The highest BCUT2D eigenvalue weighted by Gasteiger charge is 2.24. The average Bonchev–Trinajstić information content (AvgIpc) is 3.50. The van der Waals surface area contributed by atoms with Crippen LogP contribution >= 0.6 is 0 Å². The van der Waals surface area contributed by atoms with E-state index in [2.05, 4.69) is 20.4 Å². The molecule has 1 saturated heterocycles. The van der Waals surface area contributed by atoms with Gasteiger partial charge in [-0.2, -0.15) is 15.1 Å². The molecule has 12 heteroatoms. The summed E-state index contributed by atoms with van der Waals surface area (Å²) in [6, 6.07) is 10.8. The first-order valence-corrected chi connectivity index (χ1v) is 13.4. The number of hydrogen-bond acceptors (Lipinski definition) is 9. The summed E-state index contributed by atoms with van der Waals surface area (Å²) in [6.45, 7) is 3.54. The molecule has 1 aliphatic rings. The molecule has 1 aliphatic heterocycles. The zero-order valence-corrected chi connectivity index (χ0v) is 20.9. The molecule has 4 aromatic rings. The number of aromatic nitrogens is 5. The van der Waals surface area contributed by atoms with Crippen molar-refractivity contribution < 1.29 is 22.6 Å². The number of ether oxygens (including phenoxy) is 3. The van der Waals surface area contributed by atoms with E-state index in [0.29, 0.717) is 42.3 Å². The minimum Gasteiger partial charge on any atom is -0.480 e. The van der Waals surface area contributed by atoms with E-state index in [1.54, 1.807) is 31.5 Å². The predicted octanol–water partition coefficient (Wildman–Crippen LogP) is 3.51. The predicted molar refractivity (Wildman–Crippen MR) is 134 cm³/mol. The third-order valence-electron chi connectivity index (χ3n) is 5.97. The van der Waals surface area contributed by atoms with E-state index in [9.17, 15) is 8.42 Å². The van der Waals surface area contributed by atoms with Crippen molar-refractivity contribution in [1.82, 2.24) is 23.7 Å². The fourth-order valence-electron chi connectivity index (χ4n) is 4.30. The second-order valence-corrected chi connectivity index (χ2v) is 10.2. The molecule has 4 heterocycles. The molecule has 0 radical (unpaired) electrons. The molecule has 0 bridgehead atoms. The third-order valence-corrected chi connectivity index (χ3v) is 7.57. The van der Waals surface area contributed by atoms with Crippen LogP contribution in [0.2, 0.25) is 0 Å². The van der Waals surface area contributed by atoms with Gasteiger partial charge >= 0.3 is 0 Å². The fourth-order valence-corrected chi connectivity index (χ4v) is 5.70. The largest absolute Gasteiger partial charge is 0.480 e. The van der Waals surface area contributed by atoms with Crippen LogP contribution in [0.15, 0.2) is 48.8 Å². The summed E-state index contributed by atoms with van der Waals surface area (Å²) in [5.74, 6) is 0.829. The molecule has 1 fully saturated rings. The van der Waals surface area contributed by atoms with Crippen molar-refractivity contribution in [2.75, 3.05) is 32.2 Å². The Morgan fingerprint density at radius 2 is 1.92 bits per heavy atom. The van der Waals surface area contributed by atoms with Gasteiger partial charge in [-0.3, -0.25) is 0 Å². The van der Waals surface area contributed by atoms with Crippen LogP contribution in [0.3, 0.4) is 0 Å². The van der Waals surface area contributed by atoms with Crippen molar-refractivity contribution in [3.63, 3.8) is 0 Å². The highest BCUT2D eigenvalue weighted by Crippen LogP contribution is 2.34.